The number of fused-ring (bicyclic) bond motifs is 1. The van der Waals surface area contributed by atoms with E-state index in [1.54, 1.807) is 0 Å². The minimum absolute atomic E-state index is 0.786. The Morgan fingerprint density at radius 3 is 2.84 bits per heavy atom. The summed E-state index contributed by atoms with van der Waals surface area (Å²) in [5, 5.41) is 3.53. The molecule has 1 heterocycles. The van der Waals surface area contributed by atoms with Gasteiger partial charge in [0, 0.05) is 25.7 Å². The fourth-order valence-electron chi connectivity index (χ4n) is 2.17. The van der Waals surface area contributed by atoms with Crippen molar-refractivity contribution < 1.29 is 0 Å². The molecule has 0 atom stereocenters. The zero-order valence-electron chi connectivity index (χ0n) is 11.3. The number of hydrogen-bond donors (Lipinski definition) is 1. The molecular formula is C15H20N4. The summed E-state index contributed by atoms with van der Waals surface area (Å²) in [6.07, 6.45) is 4.58. The summed E-state index contributed by atoms with van der Waals surface area (Å²) >= 11 is 0. The smallest absolute Gasteiger partial charge is 0.0890 e. The van der Waals surface area contributed by atoms with Gasteiger partial charge in [0.25, 0.3) is 0 Å². The number of aromatic nitrogens is 2. The Bertz CT molecular complexity index is 551. The number of benzene rings is 1. The van der Waals surface area contributed by atoms with Crippen LogP contribution in [0.5, 0.6) is 0 Å². The minimum Gasteiger partial charge on any atom is -0.313 e. The van der Waals surface area contributed by atoms with Gasteiger partial charge in [0.15, 0.2) is 0 Å². The van der Waals surface area contributed by atoms with E-state index in [0.29, 0.717) is 0 Å². The van der Waals surface area contributed by atoms with Crippen molar-refractivity contribution in [3.8, 4) is 0 Å². The van der Waals surface area contributed by atoms with E-state index in [9.17, 15) is 0 Å². The molecule has 1 fully saturated rings. The lowest BCUT2D eigenvalue weighted by molar-refractivity contribution is 0.320. The van der Waals surface area contributed by atoms with Crippen molar-refractivity contribution >= 4 is 11.0 Å². The van der Waals surface area contributed by atoms with Crippen LogP contribution in [0.4, 0.5) is 0 Å². The lowest BCUT2D eigenvalue weighted by atomic mass is 10.3. The Kier molecular flexibility index (Phi) is 3.71. The van der Waals surface area contributed by atoms with Crippen molar-refractivity contribution in [3.05, 3.63) is 36.2 Å². The van der Waals surface area contributed by atoms with Gasteiger partial charge in [-0.25, -0.2) is 4.98 Å². The van der Waals surface area contributed by atoms with Crippen LogP contribution in [-0.4, -0.2) is 41.0 Å². The Hall–Kier alpha value is -1.52. The van der Waals surface area contributed by atoms with Crippen LogP contribution in [0.25, 0.3) is 11.0 Å². The molecule has 1 aromatic carbocycles. The largest absolute Gasteiger partial charge is 0.313 e. The molecule has 4 nitrogen and oxygen atoms in total. The van der Waals surface area contributed by atoms with Crippen molar-refractivity contribution in [2.24, 2.45) is 0 Å². The first-order valence-corrected chi connectivity index (χ1v) is 6.94. The molecule has 19 heavy (non-hydrogen) atoms. The van der Waals surface area contributed by atoms with E-state index < -0.39 is 0 Å². The average molecular weight is 256 g/mol. The molecule has 1 aromatic heterocycles. The summed E-state index contributed by atoms with van der Waals surface area (Å²) in [6.45, 7) is 2.96. The predicted molar refractivity (Wildman–Crippen MR) is 76.9 cm³/mol. The van der Waals surface area contributed by atoms with Crippen molar-refractivity contribution in [2.75, 3.05) is 20.1 Å². The van der Waals surface area contributed by atoms with Gasteiger partial charge in [-0.1, -0.05) is 12.1 Å². The van der Waals surface area contributed by atoms with Gasteiger partial charge in [-0.2, -0.15) is 0 Å². The fourth-order valence-corrected chi connectivity index (χ4v) is 2.17. The molecule has 0 amide bonds. The highest BCUT2D eigenvalue weighted by Crippen LogP contribution is 2.18. The lowest BCUT2D eigenvalue weighted by Crippen LogP contribution is -2.30. The molecule has 0 aliphatic heterocycles. The molecule has 0 bridgehead atoms. The van der Waals surface area contributed by atoms with Gasteiger partial charge in [0.2, 0.25) is 0 Å². The first kappa shape index (κ1) is 12.5. The van der Waals surface area contributed by atoms with E-state index in [0.717, 1.165) is 42.4 Å². The summed E-state index contributed by atoms with van der Waals surface area (Å²) in [4.78, 5) is 11.4. The van der Waals surface area contributed by atoms with Crippen LogP contribution in [-0.2, 0) is 6.54 Å². The standard InChI is InChI=1S/C15H20N4/c1-19(9-8-16-12-6-7-12)11-13-10-17-14-4-2-3-5-15(14)18-13/h2-5,10,12,16H,6-9,11H2,1H3. The van der Waals surface area contributed by atoms with E-state index >= 15 is 0 Å². The monoisotopic (exact) mass is 256 g/mol. The summed E-state index contributed by atoms with van der Waals surface area (Å²) in [7, 11) is 2.13. The Morgan fingerprint density at radius 2 is 2.05 bits per heavy atom. The van der Waals surface area contributed by atoms with Crippen LogP contribution in [0.3, 0.4) is 0 Å². The van der Waals surface area contributed by atoms with Gasteiger partial charge in [-0.15, -0.1) is 0 Å². The van der Waals surface area contributed by atoms with Crippen LogP contribution >= 0.6 is 0 Å². The predicted octanol–water partition coefficient (Wildman–Crippen LogP) is 1.81. The zero-order valence-corrected chi connectivity index (χ0v) is 11.3. The second-order valence-electron chi connectivity index (χ2n) is 5.32. The number of para-hydroxylation sites is 2. The van der Waals surface area contributed by atoms with E-state index in [1.165, 1.54) is 12.8 Å². The van der Waals surface area contributed by atoms with Crippen molar-refractivity contribution in [2.45, 2.75) is 25.4 Å². The SMILES string of the molecule is CN(CCNC1CC1)Cc1cnc2ccccc2n1. The van der Waals surface area contributed by atoms with Crippen molar-refractivity contribution in [3.63, 3.8) is 0 Å². The first-order valence-electron chi connectivity index (χ1n) is 6.94. The number of nitrogens with one attached hydrogen (secondary N) is 1. The Labute approximate surface area is 113 Å². The van der Waals surface area contributed by atoms with Crippen LogP contribution in [0, 0.1) is 0 Å². The number of likely N-dealkylation sites (N-methyl/N-ethyl adjacent to an activating group) is 1. The Balaban J connectivity index is 1.57. The maximum Gasteiger partial charge on any atom is 0.0890 e. The van der Waals surface area contributed by atoms with Crippen LogP contribution in [0.15, 0.2) is 30.5 Å². The zero-order chi connectivity index (χ0) is 13.1. The molecule has 2 aromatic rings. The molecule has 1 N–H and O–H groups in total. The van der Waals surface area contributed by atoms with Crippen molar-refractivity contribution in [1.82, 2.24) is 20.2 Å². The molecule has 0 saturated heterocycles. The highest BCUT2D eigenvalue weighted by Gasteiger charge is 2.19. The van der Waals surface area contributed by atoms with Crippen LogP contribution in [0.2, 0.25) is 0 Å². The molecule has 0 radical (unpaired) electrons. The van der Waals surface area contributed by atoms with E-state index in [-0.39, 0.29) is 0 Å². The van der Waals surface area contributed by atoms with Crippen molar-refractivity contribution in [1.29, 1.82) is 0 Å². The summed E-state index contributed by atoms with van der Waals surface area (Å²) in [5.74, 6) is 0. The van der Waals surface area contributed by atoms with E-state index in [4.69, 9.17) is 0 Å². The molecular weight excluding hydrogens is 236 g/mol. The molecule has 4 heteroatoms. The van der Waals surface area contributed by atoms with Crippen LogP contribution < -0.4 is 5.32 Å². The third-order valence-electron chi connectivity index (χ3n) is 3.43. The van der Waals surface area contributed by atoms with Gasteiger partial charge in [-0.05, 0) is 32.0 Å². The van der Waals surface area contributed by atoms with E-state index in [1.807, 2.05) is 30.5 Å². The molecule has 3 rings (SSSR count). The number of hydrogen-bond acceptors (Lipinski definition) is 4. The number of nitrogens with zero attached hydrogens (tertiary/aromatic N) is 3. The maximum atomic E-state index is 4.65. The van der Waals surface area contributed by atoms with Gasteiger partial charge >= 0.3 is 0 Å². The third-order valence-corrected chi connectivity index (χ3v) is 3.43. The highest BCUT2D eigenvalue weighted by molar-refractivity contribution is 5.73. The molecule has 100 valence electrons. The third kappa shape index (κ3) is 3.49. The van der Waals surface area contributed by atoms with Gasteiger partial charge in [0.1, 0.15) is 0 Å². The normalized spacial score (nSPS) is 15.3. The van der Waals surface area contributed by atoms with Gasteiger partial charge in [0.05, 0.1) is 22.9 Å². The van der Waals surface area contributed by atoms with Gasteiger partial charge in [-0.3, -0.25) is 9.88 Å². The molecule has 1 aliphatic rings. The first-order chi connectivity index (χ1) is 9.31. The lowest BCUT2D eigenvalue weighted by Gasteiger charge is -2.16. The topological polar surface area (TPSA) is 41.0 Å². The second-order valence-corrected chi connectivity index (χ2v) is 5.32. The molecule has 1 saturated carbocycles. The number of rotatable bonds is 6. The maximum absolute atomic E-state index is 4.65. The Morgan fingerprint density at radius 1 is 1.26 bits per heavy atom. The van der Waals surface area contributed by atoms with E-state index in [2.05, 4.69) is 27.2 Å². The highest BCUT2D eigenvalue weighted by atomic mass is 15.1. The summed E-state index contributed by atoms with van der Waals surface area (Å²) in [5.41, 5.74) is 2.97. The van der Waals surface area contributed by atoms with Gasteiger partial charge < -0.3 is 5.32 Å². The second kappa shape index (κ2) is 5.63. The fraction of sp³-hybridized carbons (Fsp3) is 0.467. The molecule has 1 aliphatic carbocycles. The minimum atomic E-state index is 0.786. The summed E-state index contributed by atoms with van der Waals surface area (Å²) < 4.78 is 0. The summed E-state index contributed by atoms with van der Waals surface area (Å²) in [6, 6.07) is 8.79. The quantitative estimate of drug-likeness (QED) is 0.856. The average Bonchev–Trinajstić information content (AvgIpc) is 3.23. The van der Waals surface area contributed by atoms with Crippen LogP contribution in [0.1, 0.15) is 18.5 Å². The molecule has 0 unspecified atom stereocenters. The molecule has 0 spiro atoms.